The van der Waals surface area contributed by atoms with E-state index in [1.165, 1.54) is 0 Å². The van der Waals surface area contributed by atoms with Crippen molar-refractivity contribution in [3.8, 4) is 11.5 Å². The Kier molecular flexibility index (Phi) is 6.85. The van der Waals surface area contributed by atoms with Crippen molar-refractivity contribution in [1.82, 2.24) is 10.3 Å². The van der Waals surface area contributed by atoms with E-state index in [4.69, 9.17) is 9.47 Å². The van der Waals surface area contributed by atoms with Gasteiger partial charge in [-0.1, -0.05) is 18.2 Å². The number of aromatic nitrogens is 1. The van der Waals surface area contributed by atoms with E-state index >= 15 is 0 Å². The normalized spacial score (nSPS) is 11.7. The maximum absolute atomic E-state index is 12.6. The number of nitrogens with zero attached hydrogens (tertiary/aromatic N) is 1. The van der Waals surface area contributed by atoms with Gasteiger partial charge >= 0.3 is 0 Å². The molecular formula is C24H26N2O3. The van der Waals surface area contributed by atoms with Crippen LogP contribution in [0.3, 0.4) is 0 Å². The molecular weight excluding hydrogens is 364 g/mol. The van der Waals surface area contributed by atoms with Gasteiger partial charge in [0.15, 0.2) is 0 Å². The number of amides is 1. The van der Waals surface area contributed by atoms with E-state index in [0.717, 1.165) is 16.9 Å². The zero-order valence-electron chi connectivity index (χ0n) is 17.0. The van der Waals surface area contributed by atoms with E-state index in [1.807, 2.05) is 57.2 Å². The van der Waals surface area contributed by atoms with Crippen LogP contribution < -0.4 is 14.8 Å². The fourth-order valence-corrected chi connectivity index (χ4v) is 2.85. The number of rotatable bonds is 8. The summed E-state index contributed by atoms with van der Waals surface area (Å²) in [6.07, 6.45) is 3.60. The van der Waals surface area contributed by atoms with Crippen molar-refractivity contribution in [3.05, 3.63) is 89.7 Å². The second-order valence-electron chi connectivity index (χ2n) is 7.11. The SMILES string of the molecule is CC(C)Oc1cccc(C(C)NC(=O)c2ccc(OCc3cccnc3)cc2)c1. The second-order valence-corrected chi connectivity index (χ2v) is 7.11. The Morgan fingerprint density at radius 1 is 1.00 bits per heavy atom. The van der Waals surface area contributed by atoms with E-state index in [9.17, 15) is 4.79 Å². The van der Waals surface area contributed by atoms with Gasteiger partial charge in [0.25, 0.3) is 5.91 Å². The molecule has 1 amide bonds. The molecule has 0 saturated carbocycles. The molecule has 0 aliphatic rings. The lowest BCUT2D eigenvalue weighted by atomic mass is 10.1. The molecule has 2 aromatic carbocycles. The molecule has 1 unspecified atom stereocenters. The number of carbonyl (C=O) groups excluding carboxylic acids is 1. The standard InChI is InChI=1S/C24H26N2O3/c1-17(2)29-23-8-4-7-21(14-23)18(3)26-24(27)20-9-11-22(12-10-20)28-16-19-6-5-13-25-15-19/h4-15,17-18H,16H2,1-3H3,(H,26,27). The van der Waals surface area contributed by atoms with Crippen molar-refractivity contribution in [2.75, 3.05) is 0 Å². The number of ether oxygens (including phenoxy) is 2. The minimum atomic E-state index is -0.139. The molecule has 0 spiro atoms. The first-order valence-corrected chi connectivity index (χ1v) is 9.70. The maximum atomic E-state index is 12.6. The first kappa shape index (κ1) is 20.4. The molecule has 5 heteroatoms. The van der Waals surface area contributed by atoms with Crippen LogP contribution in [0, 0.1) is 0 Å². The Labute approximate surface area is 171 Å². The zero-order valence-corrected chi connectivity index (χ0v) is 17.0. The highest BCUT2D eigenvalue weighted by molar-refractivity contribution is 5.94. The summed E-state index contributed by atoms with van der Waals surface area (Å²) in [5.41, 5.74) is 2.57. The summed E-state index contributed by atoms with van der Waals surface area (Å²) >= 11 is 0. The van der Waals surface area contributed by atoms with Gasteiger partial charge in [-0.15, -0.1) is 0 Å². The minimum absolute atomic E-state index is 0.106. The first-order chi connectivity index (χ1) is 14.0. The van der Waals surface area contributed by atoms with E-state index in [-0.39, 0.29) is 18.1 Å². The first-order valence-electron chi connectivity index (χ1n) is 9.70. The molecule has 1 heterocycles. The maximum Gasteiger partial charge on any atom is 0.251 e. The number of hydrogen-bond acceptors (Lipinski definition) is 4. The third-order valence-electron chi connectivity index (χ3n) is 4.32. The van der Waals surface area contributed by atoms with Crippen LogP contribution >= 0.6 is 0 Å². The fraction of sp³-hybridized carbons (Fsp3) is 0.250. The third kappa shape index (κ3) is 6.07. The molecule has 3 aromatic rings. The number of benzene rings is 2. The van der Waals surface area contributed by atoms with Crippen molar-refractivity contribution >= 4 is 5.91 Å². The molecule has 0 bridgehead atoms. The molecule has 3 rings (SSSR count). The molecule has 0 fully saturated rings. The second kappa shape index (κ2) is 9.73. The van der Waals surface area contributed by atoms with Crippen LogP contribution in [0.1, 0.15) is 48.3 Å². The topological polar surface area (TPSA) is 60.5 Å². The van der Waals surface area contributed by atoms with Crippen LogP contribution in [-0.2, 0) is 6.61 Å². The Morgan fingerprint density at radius 3 is 2.48 bits per heavy atom. The summed E-state index contributed by atoms with van der Waals surface area (Å²) < 4.78 is 11.5. The third-order valence-corrected chi connectivity index (χ3v) is 4.32. The molecule has 0 aliphatic heterocycles. The molecule has 29 heavy (non-hydrogen) atoms. The average molecular weight is 390 g/mol. The van der Waals surface area contributed by atoms with E-state index in [1.54, 1.807) is 36.7 Å². The van der Waals surface area contributed by atoms with Crippen molar-refractivity contribution < 1.29 is 14.3 Å². The molecule has 0 saturated heterocycles. The Hall–Kier alpha value is -3.34. The van der Waals surface area contributed by atoms with Crippen molar-refractivity contribution in [3.63, 3.8) is 0 Å². The molecule has 1 aromatic heterocycles. The van der Waals surface area contributed by atoms with Gasteiger partial charge in [-0.2, -0.15) is 0 Å². The number of pyridine rings is 1. The lowest BCUT2D eigenvalue weighted by molar-refractivity contribution is 0.0939. The number of carbonyl (C=O) groups is 1. The van der Waals surface area contributed by atoms with Crippen LogP contribution in [0.15, 0.2) is 73.1 Å². The molecule has 1 N–H and O–H groups in total. The van der Waals surface area contributed by atoms with Gasteiger partial charge in [-0.25, -0.2) is 0 Å². The smallest absolute Gasteiger partial charge is 0.251 e. The minimum Gasteiger partial charge on any atom is -0.491 e. The predicted octanol–water partition coefficient (Wildman–Crippen LogP) is 4.94. The fourth-order valence-electron chi connectivity index (χ4n) is 2.85. The molecule has 1 atom stereocenters. The van der Waals surface area contributed by atoms with Gasteiger partial charge in [0.2, 0.25) is 0 Å². The highest BCUT2D eigenvalue weighted by atomic mass is 16.5. The zero-order chi connectivity index (χ0) is 20.6. The largest absolute Gasteiger partial charge is 0.491 e. The van der Waals surface area contributed by atoms with Gasteiger partial charge in [0.1, 0.15) is 18.1 Å². The number of hydrogen-bond donors (Lipinski definition) is 1. The Balaban J connectivity index is 1.57. The van der Waals surface area contributed by atoms with Gasteiger partial charge < -0.3 is 14.8 Å². The molecule has 5 nitrogen and oxygen atoms in total. The van der Waals surface area contributed by atoms with Crippen LogP contribution in [0.25, 0.3) is 0 Å². The average Bonchev–Trinajstić information content (AvgIpc) is 2.73. The summed E-state index contributed by atoms with van der Waals surface area (Å²) in [5, 5.41) is 3.03. The Bertz CT molecular complexity index is 924. The lowest BCUT2D eigenvalue weighted by Crippen LogP contribution is -2.26. The van der Waals surface area contributed by atoms with E-state index in [2.05, 4.69) is 10.3 Å². The van der Waals surface area contributed by atoms with Crippen LogP contribution in [0.4, 0.5) is 0 Å². The number of nitrogens with one attached hydrogen (secondary N) is 1. The van der Waals surface area contributed by atoms with Gasteiger partial charge in [0.05, 0.1) is 12.1 Å². The van der Waals surface area contributed by atoms with Crippen LogP contribution in [-0.4, -0.2) is 17.0 Å². The highest BCUT2D eigenvalue weighted by Crippen LogP contribution is 2.21. The van der Waals surface area contributed by atoms with Crippen molar-refractivity contribution in [2.45, 2.75) is 39.5 Å². The molecule has 0 radical (unpaired) electrons. The monoisotopic (exact) mass is 390 g/mol. The predicted molar refractivity (Wildman–Crippen MR) is 113 cm³/mol. The summed E-state index contributed by atoms with van der Waals surface area (Å²) in [5.74, 6) is 1.37. The highest BCUT2D eigenvalue weighted by Gasteiger charge is 2.12. The van der Waals surface area contributed by atoms with Gasteiger partial charge in [-0.05, 0) is 68.8 Å². The lowest BCUT2D eigenvalue weighted by Gasteiger charge is -2.17. The van der Waals surface area contributed by atoms with Crippen LogP contribution in [0.2, 0.25) is 0 Å². The summed E-state index contributed by atoms with van der Waals surface area (Å²) in [4.78, 5) is 16.7. The summed E-state index contributed by atoms with van der Waals surface area (Å²) in [6, 6.07) is 18.6. The molecule has 0 aliphatic carbocycles. The summed E-state index contributed by atoms with van der Waals surface area (Å²) in [7, 11) is 0. The van der Waals surface area contributed by atoms with Gasteiger partial charge in [-0.3, -0.25) is 9.78 Å². The van der Waals surface area contributed by atoms with Crippen molar-refractivity contribution in [1.29, 1.82) is 0 Å². The van der Waals surface area contributed by atoms with Crippen molar-refractivity contribution in [2.24, 2.45) is 0 Å². The summed E-state index contributed by atoms with van der Waals surface area (Å²) in [6.45, 7) is 6.37. The van der Waals surface area contributed by atoms with E-state index < -0.39 is 0 Å². The molecule has 150 valence electrons. The van der Waals surface area contributed by atoms with Gasteiger partial charge in [0, 0.05) is 23.5 Å². The van der Waals surface area contributed by atoms with E-state index in [0.29, 0.717) is 17.9 Å². The Morgan fingerprint density at radius 2 is 1.79 bits per heavy atom. The quantitative estimate of drug-likeness (QED) is 0.592. The van der Waals surface area contributed by atoms with Crippen LogP contribution in [0.5, 0.6) is 11.5 Å².